The maximum Gasteiger partial charge on any atom is 0.352 e. The van der Waals surface area contributed by atoms with Crippen LogP contribution < -0.4 is 10.1 Å². The highest BCUT2D eigenvalue weighted by Crippen LogP contribution is 2.51. The van der Waals surface area contributed by atoms with E-state index in [9.17, 15) is 14.4 Å². The van der Waals surface area contributed by atoms with Gasteiger partial charge in [-0.3, -0.25) is 4.57 Å². The first-order valence-electron chi connectivity index (χ1n) is 5.22. The highest BCUT2D eigenvalue weighted by atomic mass is 32.1. The summed E-state index contributed by atoms with van der Waals surface area (Å²) in [6.07, 6.45) is 0. The van der Waals surface area contributed by atoms with E-state index in [1.807, 2.05) is 0 Å². The lowest BCUT2D eigenvalue weighted by atomic mass is 10.2. The molecule has 0 aliphatic rings. The Morgan fingerprint density at radius 2 is 2.05 bits per heavy atom. The molecule has 0 amide bonds. The molecular formula is C10H12N3O4PS. The molecule has 9 heteroatoms. The summed E-state index contributed by atoms with van der Waals surface area (Å²) in [5.74, 6) is -0.546. The van der Waals surface area contributed by atoms with E-state index in [2.05, 4.69) is 15.5 Å². The van der Waals surface area contributed by atoms with Crippen LogP contribution in [-0.4, -0.2) is 27.1 Å². The molecule has 1 heterocycles. The minimum Gasteiger partial charge on any atom is -0.497 e. The van der Waals surface area contributed by atoms with Gasteiger partial charge in [0.05, 0.1) is 7.11 Å². The van der Waals surface area contributed by atoms with Gasteiger partial charge in [-0.15, -0.1) is 10.2 Å². The van der Waals surface area contributed by atoms with E-state index in [0.29, 0.717) is 16.4 Å². The molecule has 3 N–H and O–H groups in total. The largest absolute Gasteiger partial charge is 0.497 e. The lowest BCUT2D eigenvalue weighted by Crippen LogP contribution is -2.11. The van der Waals surface area contributed by atoms with Gasteiger partial charge in [-0.25, -0.2) is 0 Å². The number of rotatable bonds is 5. The van der Waals surface area contributed by atoms with Gasteiger partial charge in [-0.2, -0.15) is 0 Å². The molecule has 0 spiro atoms. The Balaban J connectivity index is 2.29. The fraction of sp³-hybridized carbons (Fsp3) is 0.200. The number of benzene rings is 1. The Hall–Kier alpha value is -1.47. The highest BCUT2D eigenvalue weighted by molar-refractivity contribution is 7.52. The number of anilines is 1. The van der Waals surface area contributed by atoms with Gasteiger partial charge in [0, 0.05) is 0 Å². The molecule has 2 rings (SSSR count). The maximum absolute atomic E-state index is 11.6. The van der Waals surface area contributed by atoms with Crippen molar-refractivity contribution in [2.45, 2.75) is 5.78 Å². The number of hydrogen-bond acceptors (Lipinski definition) is 6. The second-order valence-corrected chi connectivity index (χ2v) is 6.18. The van der Waals surface area contributed by atoms with Gasteiger partial charge in [0.25, 0.3) is 0 Å². The fourth-order valence-electron chi connectivity index (χ4n) is 1.50. The minimum atomic E-state index is -4.38. The molecule has 0 radical (unpaired) electrons. The molecule has 102 valence electrons. The zero-order valence-electron chi connectivity index (χ0n) is 9.92. The van der Waals surface area contributed by atoms with Crippen molar-refractivity contribution in [2.24, 2.45) is 0 Å². The van der Waals surface area contributed by atoms with Gasteiger partial charge in [0.1, 0.15) is 11.3 Å². The van der Waals surface area contributed by atoms with Crippen LogP contribution in [0.15, 0.2) is 29.8 Å². The number of methoxy groups -OCH3 is 1. The van der Waals surface area contributed by atoms with Crippen molar-refractivity contribution in [2.75, 3.05) is 12.4 Å². The minimum absolute atomic E-state index is 0.351. The van der Waals surface area contributed by atoms with Crippen LogP contribution in [0.3, 0.4) is 0 Å². The first-order valence-corrected chi connectivity index (χ1v) is 7.78. The molecule has 1 aromatic carbocycles. The third-order valence-electron chi connectivity index (χ3n) is 2.39. The van der Waals surface area contributed by atoms with E-state index in [0.717, 1.165) is 0 Å². The summed E-state index contributed by atoms with van der Waals surface area (Å²) in [5.41, 5.74) is 1.93. The van der Waals surface area contributed by atoms with Gasteiger partial charge in [0.15, 0.2) is 5.78 Å². The predicted molar refractivity (Wildman–Crippen MR) is 71.3 cm³/mol. The van der Waals surface area contributed by atoms with Crippen LogP contribution in [-0.2, 0) is 4.57 Å². The van der Waals surface area contributed by atoms with Crippen LogP contribution in [0.5, 0.6) is 5.75 Å². The van der Waals surface area contributed by atoms with E-state index in [4.69, 9.17) is 4.74 Å². The summed E-state index contributed by atoms with van der Waals surface area (Å²) >= 11 is 1.17. The Kier molecular flexibility index (Phi) is 4.16. The standard InChI is InChI=1S/C10H12N3O4PS/c1-17-8-4-2-7(3-5-8)9(18(14,15)16)12-10-13-11-6-19-10/h2-6,9H,1H3,(H,12,13)(H2,14,15,16). The molecule has 2 aromatic rings. The fourth-order valence-corrected chi connectivity index (χ4v) is 2.91. The van der Waals surface area contributed by atoms with E-state index < -0.39 is 13.4 Å². The van der Waals surface area contributed by atoms with Crippen LogP contribution in [0.25, 0.3) is 0 Å². The Bertz CT molecular complexity index is 569. The average Bonchev–Trinajstić information content (AvgIpc) is 2.88. The maximum atomic E-state index is 11.6. The molecule has 0 saturated heterocycles. The van der Waals surface area contributed by atoms with Crippen LogP contribution in [0, 0.1) is 0 Å². The van der Waals surface area contributed by atoms with Gasteiger partial charge >= 0.3 is 7.60 Å². The highest BCUT2D eigenvalue weighted by Gasteiger charge is 2.31. The number of ether oxygens (including phenoxy) is 1. The van der Waals surface area contributed by atoms with Crippen LogP contribution in [0.1, 0.15) is 11.3 Å². The van der Waals surface area contributed by atoms with Crippen LogP contribution in [0.4, 0.5) is 5.13 Å². The smallest absolute Gasteiger partial charge is 0.352 e. The topological polar surface area (TPSA) is 105 Å². The van der Waals surface area contributed by atoms with Crippen molar-refractivity contribution in [3.63, 3.8) is 0 Å². The van der Waals surface area contributed by atoms with Crippen molar-refractivity contribution >= 4 is 24.1 Å². The number of nitrogens with zero attached hydrogens (tertiary/aromatic N) is 2. The first-order chi connectivity index (χ1) is 9.00. The molecule has 0 aliphatic heterocycles. The normalized spacial score (nSPS) is 13.0. The van der Waals surface area contributed by atoms with Crippen LogP contribution in [0.2, 0.25) is 0 Å². The number of hydrogen-bond donors (Lipinski definition) is 3. The first kappa shape index (κ1) is 14.0. The molecule has 0 saturated carbocycles. The SMILES string of the molecule is COc1ccc(C(Nc2nncs2)P(=O)(O)O)cc1. The van der Waals surface area contributed by atoms with Gasteiger partial charge < -0.3 is 19.8 Å². The summed E-state index contributed by atoms with van der Waals surface area (Å²) in [6.45, 7) is 0. The van der Waals surface area contributed by atoms with Crippen molar-refractivity contribution in [3.8, 4) is 5.75 Å². The summed E-state index contributed by atoms with van der Waals surface area (Å²) in [4.78, 5) is 18.9. The lowest BCUT2D eigenvalue weighted by Gasteiger charge is -2.19. The van der Waals surface area contributed by atoms with E-state index in [-0.39, 0.29) is 0 Å². The van der Waals surface area contributed by atoms with Crippen LogP contribution >= 0.6 is 18.9 Å². The molecule has 7 nitrogen and oxygen atoms in total. The Morgan fingerprint density at radius 3 is 2.53 bits per heavy atom. The van der Waals surface area contributed by atoms with Crippen molar-refractivity contribution in [3.05, 3.63) is 35.3 Å². The number of aromatic nitrogens is 2. The summed E-state index contributed by atoms with van der Waals surface area (Å²) < 4.78 is 16.6. The van der Waals surface area contributed by atoms with Gasteiger partial charge in [-0.1, -0.05) is 23.5 Å². The average molecular weight is 301 g/mol. The molecular weight excluding hydrogens is 289 g/mol. The molecule has 0 aliphatic carbocycles. The van der Waals surface area contributed by atoms with Gasteiger partial charge in [-0.05, 0) is 17.7 Å². The zero-order valence-corrected chi connectivity index (χ0v) is 11.6. The molecule has 1 atom stereocenters. The quantitative estimate of drug-likeness (QED) is 0.724. The third-order valence-corrected chi connectivity index (χ3v) is 4.11. The molecule has 1 aromatic heterocycles. The predicted octanol–water partition coefficient (Wildman–Crippen LogP) is 1.84. The molecule has 19 heavy (non-hydrogen) atoms. The van der Waals surface area contributed by atoms with Gasteiger partial charge in [0.2, 0.25) is 5.13 Å². The monoisotopic (exact) mass is 301 g/mol. The molecule has 1 unspecified atom stereocenters. The summed E-state index contributed by atoms with van der Waals surface area (Å²) in [6, 6.07) is 6.47. The number of nitrogens with one attached hydrogen (secondary N) is 1. The zero-order chi connectivity index (χ0) is 13.9. The molecule has 0 fully saturated rings. The van der Waals surface area contributed by atoms with E-state index in [1.54, 1.807) is 24.3 Å². The van der Waals surface area contributed by atoms with Crippen molar-refractivity contribution in [1.29, 1.82) is 0 Å². The second kappa shape index (κ2) is 5.66. The summed E-state index contributed by atoms with van der Waals surface area (Å²) in [7, 11) is -2.85. The van der Waals surface area contributed by atoms with E-state index >= 15 is 0 Å². The van der Waals surface area contributed by atoms with Crippen molar-refractivity contribution < 1.29 is 19.1 Å². The lowest BCUT2D eigenvalue weighted by molar-refractivity contribution is 0.363. The third kappa shape index (κ3) is 3.51. The second-order valence-electron chi connectivity index (χ2n) is 3.65. The summed E-state index contributed by atoms with van der Waals surface area (Å²) in [5, 5.41) is 10.4. The molecule has 0 bridgehead atoms. The van der Waals surface area contributed by atoms with E-state index in [1.165, 1.54) is 24.0 Å². The Morgan fingerprint density at radius 1 is 1.37 bits per heavy atom. The van der Waals surface area contributed by atoms with Crippen molar-refractivity contribution in [1.82, 2.24) is 10.2 Å². The Labute approximate surface area is 113 Å².